The van der Waals surface area contributed by atoms with Gasteiger partial charge in [0.2, 0.25) is 12.7 Å². The number of fused-ring (bicyclic) bond motifs is 1. The third-order valence-electron chi connectivity index (χ3n) is 6.25. The molecule has 2 atom stereocenters. The molecule has 0 aromatic heterocycles. The second-order valence-corrected chi connectivity index (χ2v) is 9.18. The highest BCUT2D eigenvalue weighted by Gasteiger charge is 2.30. The SMILES string of the molecule is CCO[C@H](CC/C=C/C(=O)Nc1ccccc1N)[C@H](OC(=O)Nc1ccc2c(c1)OCO2)c1ccccc1OCCO. The molecule has 2 amide bonds. The Hall–Kier alpha value is -4.74. The maximum absolute atomic E-state index is 13.1. The van der Waals surface area contributed by atoms with Crippen LogP contribution in [-0.4, -0.2) is 49.8 Å². The van der Waals surface area contributed by atoms with Gasteiger partial charge in [-0.05, 0) is 56.2 Å². The second kappa shape index (κ2) is 15.3. The lowest BCUT2D eigenvalue weighted by atomic mass is 9.99. The summed E-state index contributed by atoms with van der Waals surface area (Å²) in [5.41, 5.74) is 7.94. The van der Waals surface area contributed by atoms with Crippen LogP contribution in [0.1, 0.15) is 31.4 Å². The minimum Gasteiger partial charge on any atom is -0.491 e. The fraction of sp³-hybridized carbons (Fsp3) is 0.290. The molecule has 5 N–H and O–H groups in total. The molecular formula is C31H35N3O8. The Morgan fingerprint density at radius 2 is 1.83 bits per heavy atom. The Labute approximate surface area is 244 Å². The number of nitrogens with one attached hydrogen (secondary N) is 2. The summed E-state index contributed by atoms with van der Waals surface area (Å²) < 4.78 is 28.5. The number of carbonyl (C=O) groups excluding carboxylic acids is 2. The summed E-state index contributed by atoms with van der Waals surface area (Å²) in [4.78, 5) is 25.5. The highest BCUT2D eigenvalue weighted by atomic mass is 16.7. The number of nitrogen functional groups attached to an aromatic ring is 1. The van der Waals surface area contributed by atoms with Crippen LogP contribution in [0, 0.1) is 0 Å². The van der Waals surface area contributed by atoms with Gasteiger partial charge in [0, 0.05) is 23.9 Å². The van der Waals surface area contributed by atoms with E-state index in [9.17, 15) is 14.7 Å². The van der Waals surface area contributed by atoms with E-state index in [4.69, 9.17) is 29.4 Å². The Balaban J connectivity index is 1.49. The molecule has 0 spiro atoms. The van der Waals surface area contributed by atoms with Gasteiger partial charge in [0.05, 0.1) is 24.1 Å². The van der Waals surface area contributed by atoms with Crippen molar-refractivity contribution in [1.29, 1.82) is 0 Å². The molecule has 0 aliphatic carbocycles. The maximum Gasteiger partial charge on any atom is 0.412 e. The molecule has 11 nitrogen and oxygen atoms in total. The quantitative estimate of drug-likeness (QED) is 0.153. The molecule has 3 aromatic carbocycles. The summed E-state index contributed by atoms with van der Waals surface area (Å²) >= 11 is 0. The predicted octanol–water partition coefficient (Wildman–Crippen LogP) is 5.04. The Kier molecular flexibility index (Phi) is 11.0. The van der Waals surface area contributed by atoms with E-state index in [2.05, 4.69) is 10.6 Å². The molecule has 0 fully saturated rings. The first-order valence-electron chi connectivity index (χ1n) is 13.6. The van der Waals surface area contributed by atoms with E-state index in [0.717, 1.165) is 0 Å². The summed E-state index contributed by atoms with van der Waals surface area (Å²) in [5.74, 6) is 1.24. The van der Waals surface area contributed by atoms with Crippen LogP contribution in [0.15, 0.2) is 78.9 Å². The molecule has 4 rings (SSSR count). The molecule has 0 unspecified atom stereocenters. The van der Waals surface area contributed by atoms with Crippen LogP contribution in [0.5, 0.6) is 17.2 Å². The van der Waals surface area contributed by atoms with Crippen LogP contribution in [0.3, 0.4) is 0 Å². The molecule has 0 saturated heterocycles. The Morgan fingerprint density at radius 3 is 2.64 bits per heavy atom. The van der Waals surface area contributed by atoms with Crippen LogP contribution in [0.2, 0.25) is 0 Å². The maximum atomic E-state index is 13.1. The van der Waals surface area contributed by atoms with Gasteiger partial charge in [0.1, 0.15) is 12.4 Å². The average Bonchev–Trinajstić information content (AvgIpc) is 3.46. The van der Waals surface area contributed by atoms with Crippen molar-refractivity contribution in [3.8, 4) is 17.2 Å². The fourth-order valence-corrected chi connectivity index (χ4v) is 4.35. The monoisotopic (exact) mass is 577 g/mol. The molecule has 42 heavy (non-hydrogen) atoms. The third kappa shape index (κ3) is 8.38. The van der Waals surface area contributed by atoms with Gasteiger partial charge in [-0.15, -0.1) is 0 Å². The third-order valence-corrected chi connectivity index (χ3v) is 6.25. The summed E-state index contributed by atoms with van der Waals surface area (Å²) in [6.07, 6.45) is 1.84. The number of aliphatic hydroxyl groups excluding tert-OH is 1. The van der Waals surface area contributed by atoms with Crippen molar-refractivity contribution in [2.75, 3.05) is 43.0 Å². The van der Waals surface area contributed by atoms with E-state index >= 15 is 0 Å². The van der Waals surface area contributed by atoms with E-state index < -0.39 is 18.3 Å². The van der Waals surface area contributed by atoms with E-state index in [1.807, 2.05) is 6.92 Å². The first kappa shape index (κ1) is 30.2. The molecule has 11 heteroatoms. The van der Waals surface area contributed by atoms with Crippen LogP contribution >= 0.6 is 0 Å². The highest BCUT2D eigenvalue weighted by molar-refractivity contribution is 6.01. The van der Waals surface area contributed by atoms with Gasteiger partial charge < -0.3 is 39.8 Å². The van der Waals surface area contributed by atoms with E-state index in [1.165, 1.54) is 6.08 Å². The molecule has 1 aliphatic rings. The lowest BCUT2D eigenvalue weighted by Crippen LogP contribution is -2.29. The number of benzene rings is 3. The van der Waals surface area contributed by atoms with Gasteiger partial charge >= 0.3 is 6.09 Å². The number of nitrogens with two attached hydrogens (primary N) is 1. The molecule has 0 radical (unpaired) electrons. The largest absolute Gasteiger partial charge is 0.491 e. The molecule has 0 saturated carbocycles. The van der Waals surface area contributed by atoms with Crippen molar-refractivity contribution < 1.29 is 38.4 Å². The normalized spacial score (nSPS) is 13.4. The topological polar surface area (TPSA) is 151 Å². The van der Waals surface area contributed by atoms with E-state index in [1.54, 1.807) is 72.8 Å². The van der Waals surface area contributed by atoms with Gasteiger partial charge in [0.15, 0.2) is 17.6 Å². The number of ether oxygens (including phenoxy) is 5. The van der Waals surface area contributed by atoms with Crippen molar-refractivity contribution in [3.05, 3.63) is 84.4 Å². The number of hydrogen-bond donors (Lipinski definition) is 4. The van der Waals surface area contributed by atoms with Crippen molar-refractivity contribution in [2.45, 2.75) is 32.0 Å². The van der Waals surface area contributed by atoms with Gasteiger partial charge in [0.25, 0.3) is 0 Å². The number of allylic oxidation sites excluding steroid dienone is 1. The standard InChI is InChI=1S/C31H35N3O8/c1-2-38-27(13-7-8-14-29(36)34-24-11-5-4-10-23(24)32)30(22-9-3-6-12-25(22)39-18-17-35)42-31(37)33-21-15-16-26-28(19-21)41-20-40-26/h3-6,8-12,14-16,19,27,30,35H,2,7,13,17-18,20,32H2,1H3,(H,33,37)(H,34,36)/b14-8+/t27-,30-/m1/s1. The van der Waals surface area contributed by atoms with E-state index in [-0.39, 0.29) is 25.9 Å². The molecule has 0 bridgehead atoms. The Bertz CT molecular complexity index is 1380. The lowest BCUT2D eigenvalue weighted by Gasteiger charge is -2.28. The first-order chi connectivity index (χ1) is 20.5. The van der Waals surface area contributed by atoms with Gasteiger partial charge in [-0.2, -0.15) is 0 Å². The number of anilines is 3. The summed E-state index contributed by atoms with van der Waals surface area (Å²) in [5, 5.41) is 14.8. The zero-order valence-electron chi connectivity index (χ0n) is 23.3. The van der Waals surface area contributed by atoms with Crippen LogP contribution in [0.4, 0.5) is 21.9 Å². The van der Waals surface area contributed by atoms with Crippen molar-refractivity contribution in [2.24, 2.45) is 0 Å². The zero-order valence-corrected chi connectivity index (χ0v) is 23.3. The summed E-state index contributed by atoms with van der Waals surface area (Å²) in [6, 6.07) is 19.1. The van der Waals surface area contributed by atoms with Gasteiger partial charge in [-0.3, -0.25) is 10.1 Å². The molecule has 1 aliphatic heterocycles. The summed E-state index contributed by atoms with van der Waals surface area (Å²) in [7, 11) is 0. The molecular weight excluding hydrogens is 542 g/mol. The number of carbonyl (C=O) groups is 2. The highest BCUT2D eigenvalue weighted by Crippen LogP contribution is 2.36. The molecule has 3 aromatic rings. The number of aliphatic hydroxyl groups is 1. The predicted molar refractivity (Wildman–Crippen MR) is 158 cm³/mol. The minimum absolute atomic E-state index is 0.0657. The van der Waals surface area contributed by atoms with Crippen molar-refractivity contribution in [1.82, 2.24) is 0 Å². The van der Waals surface area contributed by atoms with Gasteiger partial charge in [-0.1, -0.05) is 36.4 Å². The summed E-state index contributed by atoms with van der Waals surface area (Å²) in [6.45, 7) is 2.20. The Morgan fingerprint density at radius 1 is 1.05 bits per heavy atom. The number of hydrogen-bond acceptors (Lipinski definition) is 9. The van der Waals surface area contributed by atoms with Crippen molar-refractivity contribution >= 4 is 29.1 Å². The van der Waals surface area contributed by atoms with E-state index in [0.29, 0.717) is 59.3 Å². The molecule has 1 heterocycles. The van der Waals surface area contributed by atoms with Gasteiger partial charge in [-0.25, -0.2) is 4.79 Å². The smallest absolute Gasteiger partial charge is 0.412 e. The van der Waals surface area contributed by atoms with Crippen LogP contribution in [0.25, 0.3) is 0 Å². The first-order valence-corrected chi connectivity index (χ1v) is 13.6. The number of para-hydroxylation sites is 3. The van der Waals surface area contributed by atoms with Crippen molar-refractivity contribution in [3.63, 3.8) is 0 Å². The lowest BCUT2D eigenvalue weighted by molar-refractivity contribution is -0.111. The minimum atomic E-state index is -0.875. The van der Waals surface area contributed by atoms with Crippen LogP contribution in [-0.2, 0) is 14.3 Å². The zero-order chi connectivity index (χ0) is 29.7. The molecule has 222 valence electrons. The number of rotatable bonds is 14. The second-order valence-electron chi connectivity index (χ2n) is 9.18. The fourth-order valence-electron chi connectivity index (χ4n) is 4.35. The average molecular weight is 578 g/mol. The van der Waals surface area contributed by atoms with Crippen LogP contribution < -0.4 is 30.6 Å². The number of amides is 2.